The summed E-state index contributed by atoms with van der Waals surface area (Å²) in [5, 5.41) is 5.88. The largest absolute Gasteiger partial charge is 0.462 e. The first-order valence-electron chi connectivity index (χ1n) is 8.93. The van der Waals surface area contributed by atoms with Gasteiger partial charge in [0.25, 0.3) is 0 Å². The molecule has 7 heteroatoms. The molecular weight excluding hydrogens is 392 g/mol. The van der Waals surface area contributed by atoms with Crippen LogP contribution in [-0.2, 0) is 4.74 Å². The summed E-state index contributed by atoms with van der Waals surface area (Å²) in [6.07, 6.45) is 0. The molecule has 0 bridgehead atoms. The van der Waals surface area contributed by atoms with Crippen molar-refractivity contribution in [3.63, 3.8) is 0 Å². The zero-order valence-electron chi connectivity index (χ0n) is 15.6. The van der Waals surface area contributed by atoms with Gasteiger partial charge in [0.15, 0.2) is 5.75 Å². The summed E-state index contributed by atoms with van der Waals surface area (Å²) in [4.78, 5) is 24.1. The minimum atomic E-state index is -0.478. The predicted molar refractivity (Wildman–Crippen MR) is 113 cm³/mol. The van der Waals surface area contributed by atoms with E-state index in [4.69, 9.17) is 21.1 Å². The fraction of sp³-hybridized carbons (Fsp3) is 0.0909. The number of halogens is 1. The first kappa shape index (κ1) is 20.2. The summed E-state index contributed by atoms with van der Waals surface area (Å²) in [7, 11) is 0. The molecule has 0 fully saturated rings. The Morgan fingerprint density at radius 2 is 1.66 bits per heavy atom. The Kier molecular flexibility index (Phi) is 6.71. The molecule has 0 aliphatic carbocycles. The summed E-state index contributed by atoms with van der Waals surface area (Å²) < 4.78 is 10.8. The van der Waals surface area contributed by atoms with Crippen molar-refractivity contribution in [1.29, 1.82) is 0 Å². The highest BCUT2D eigenvalue weighted by atomic mass is 35.5. The van der Waals surface area contributed by atoms with Gasteiger partial charge in [-0.15, -0.1) is 0 Å². The van der Waals surface area contributed by atoms with Crippen molar-refractivity contribution < 1.29 is 19.1 Å². The minimum absolute atomic E-state index is 0.300. The maximum Gasteiger partial charge on any atom is 0.338 e. The molecular formula is C22H19ClN2O4. The fourth-order valence-corrected chi connectivity index (χ4v) is 2.67. The van der Waals surface area contributed by atoms with Crippen LogP contribution in [0.2, 0.25) is 5.02 Å². The molecule has 0 radical (unpaired) electrons. The number of carbonyl (C=O) groups is 2. The molecule has 3 aromatic rings. The molecule has 0 unspecified atom stereocenters. The van der Waals surface area contributed by atoms with Gasteiger partial charge in [-0.05, 0) is 61.5 Å². The van der Waals surface area contributed by atoms with Crippen LogP contribution in [0.1, 0.15) is 17.3 Å². The Labute approximate surface area is 173 Å². The number of esters is 1. The second kappa shape index (κ2) is 9.61. The number of para-hydroxylation sites is 1. The number of nitrogens with one attached hydrogen (secondary N) is 2. The van der Waals surface area contributed by atoms with Gasteiger partial charge in [-0.1, -0.05) is 29.8 Å². The van der Waals surface area contributed by atoms with E-state index in [0.29, 0.717) is 40.1 Å². The molecule has 3 rings (SSSR count). The second-order valence-corrected chi connectivity index (χ2v) is 6.37. The molecule has 148 valence electrons. The lowest BCUT2D eigenvalue weighted by molar-refractivity contribution is 0.0526. The maximum absolute atomic E-state index is 12.4. The van der Waals surface area contributed by atoms with Crippen LogP contribution in [-0.4, -0.2) is 18.6 Å². The van der Waals surface area contributed by atoms with E-state index in [1.54, 1.807) is 49.4 Å². The topological polar surface area (TPSA) is 76.7 Å². The van der Waals surface area contributed by atoms with E-state index in [9.17, 15) is 9.59 Å². The lowest BCUT2D eigenvalue weighted by atomic mass is 10.2. The highest BCUT2D eigenvalue weighted by molar-refractivity contribution is 6.31. The molecule has 2 N–H and O–H groups in total. The van der Waals surface area contributed by atoms with Crippen molar-refractivity contribution >= 4 is 35.0 Å². The van der Waals surface area contributed by atoms with E-state index in [1.165, 1.54) is 0 Å². The van der Waals surface area contributed by atoms with Crippen molar-refractivity contribution in [2.45, 2.75) is 6.92 Å². The van der Waals surface area contributed by atoms with Crippen LogP contribution in [0.3, 0.4) is 0 Å². The highest BCUT2D eigenvalue weighted by Gasteiger charge is 2.11. The van der Waals surface area contributed by atoms with Crippen LogP contribution >= 0.6 is 11.6 Å². The van der Waals surface area contributed by atoms with Crippen molar-refractivity contribution in [3.8, 4) is 11.5 Å². The van der Waals surface area contributed by atoms with E-state index < -0.39 is 12.0 Å². The number of amides is 2. The Bertz CT molecular complexity index is 991. The van der Waals surface area contributed by atoms with Crippen LogP contribution < -0.4 is 15.4 Å². The average molecular weight is 411 g/mol. The lowest BCUT2D eigenvalue weighted by Crippen LogP contribution is -2.19. The standard InChI is InChI=1S/C22H19ClN2O4/c1-2-28-21(26)15-8-11-17(12-9-15)24-22(27)25-19-14-16(23)10-13-20(19)29-18-6-4-3-5-7-18/h3-14H,2H2,1H3,(H2,24,25,27). The van der Waals surface area contributed by atoms with Crippen molar-refractivity contribution in [2.24, 2.45) is 0 Å². The number of carbonyl (C=O) groups excluding carboxylic acids is 2. The third-order valence-corrected chi connectivity index (χ3v) is 4.05. The third-order valence-electron chi connectivity index (χ3n) is 3.81. The molecule has 0 heterocycles. The van der Waals surface area contributed by atoms with E-state index in [-0.39, 0.29) is 0 Å². The maximum atomic E-state index is 12.4. The number of hydrogen-bond donors (Lipinski definition) is 2. The third kappa shape index (κ3) is 5.73. The highest BCUT2D eigenvalue weighted by Crippen LogP contribution is 2.32. The SMILES string of the molecule is CCOC(=O)c1ccc(NC(=O)Nc2cc(Cl)ccc2Oc2ccccc2)cc1. The van der Waals surface area contributed by atoms with Gasteiger partial charge >= 0.3 is 12.0 Å². The zero-order chi connectivity index (χ0) is 20.6. The molecule has 29 heavy (non-hydrogen) atoms. The number of hydrogen-bond acceptors (Lipinski definition) is 4. The van der Waals surface area contributed by atoms with E-state index >= 15 is 0 Å². The van der Waals surface area contributed by atoms with Crippen LogP contribution in [0.25, 0.3) is 0 Å². The number of benzene rings is 3. The Balaban J connectivity index is 1.69. The van der Waals surface area contributed by atoms with Crippen LogP contribution in [0.5, 0.6) is 11.5 Å². The van der Waals surface area contributed by atoms with Gasteiger partial charge in [0.05, 0.1) is 17.9 Å². The summed E-state index contributed by atoms with van der Waals surface area (Å²) in [6, 6.07) is 20.1. The van der Waals surface area contributed by atoms with Gasteiger partial charge in [-0.25, -0.2) is 9.59 Å². The summed E-state index contributed by atoms with van der Waals surface area (Å²) >= 11 is 6.07. The van der Waals surface area contributed by atoms with Gasteiger partial charge in [0.1, 0.15) is 5.75 Å². The first-order valence-corrected chi connectivity index (χ1v) is 9.30. The Morgan fingerprint density at radius 1 is 0.931 bits per heavy atom. The minimum Gasteiger partial charge on any atom is -0.462 e. The van der Waals surface area contributed by atoms with Gasteiger partial charge in [0.2, 0.25) is 0 Å². The summed E-state index contributed by atoms with van der Waals surface area (Å²) in [6.45, 7) is 2.04. The molecule has 0 saturated carbocycles. The van der Waals surface area contributed by atoms with E-state index in [0.717, 1.165) is 0 Å². The van der Waals surface area contributed by atoms with Crippen LogP contribution in [0.15, 0.2) is 72.8 Å². The van der Waals surface area contributed by atoms with Crippen LogP contribution in [0, 0.1) is 0 Å². The second-order valence-electron chi connectivity index (χ2n) is 5.93. The van der Waals surface area contributed by atoms with Crippen molar-refractivity contribution in [1.82, 2.24) is 0 Å². The van der Waals surface area contributed by atoms with Gasteiger partial charge in [-0.3, -0.25) is 0 Å². The number of urea groups is 1. The molecule has 6 nitrogen and oxygen atoms in total. The van der Waals surface area contributed by atoms with Crippen LogP contribution in [0.4, 0.5) is 16.2 Å². The smallest absolute Gasteiger partial charge is 0.338 e. The molecule has 0 aliphatic rings. The molecule has 0 aliphatic heterocycles. The summed E-state index contributed by atoms with van der Waals surface area (Å²) in [5.41, 5.74) is 1.34. The monoisotopic (exact) mass is 410 g/mol. The predicted octanol–water partition coefficient (Wildman–Crippen LogP) is 5.95. The molecule has 0 atom stereocenters. The normalized spacial score (nSPS) is 10.1. The Hall–Kier alpha value is -3.51. The van der Waals surface area contributed by atoms with Crippen molar-refractivity contribution in [2.75, 3.05) is 17.2 Å². The summed E-state index contributed by atoms with van der Waals surface area (Å²) in [5.74, 6) is 0.673. The molecule has 0 saturated heterocycles. The molecule has 0 spiro atoms. The van der Waals surface area contributed by atoms with Gasteiger partial charge < -0.3 is 20.1 Å². The Morgan fingerprint density at radius 3 is 2.34 bits per heavy atom. The average Bonchev–Trinajstić information content (AvgIpc) is 2.71. The number of ether oxygens (including phenoxy) is 2. The van der Waals surface area contributed by atoms with E-state index in [1.807, 2.05) is 30.3 Å². The lowest BCUT2D eigenvalue weighted by Gasteiger charge is -2.13. The number of anilines is 2. The van der Waals surface area contributed by atoms with Gasteiger partial charge in [0, 0.05) is 10.7 Å². The first-order chi connectivity index (χ1) is 14.0. The molecule has 3 aromatic carbocycles. The van der Waals surface area contributed by atoms with Crippen molar-refractivity contribution in [3.05, 3.63) is 83.4 Å². The molecule has 0 aromatic heterocycles. The zero-order valence-corrected chi connectivity index (χ0v) is 16.4. The fourth-order valence-electron chi connectivity index (χ4n) is 2.49. The van der Waals surface area contributed by atoms with Gasteiger partial charge in [-0.2, -0.15) is 0 Å². The molecule has 2 amide bonds. The number of rotatable bonds is 6. The quantitative estimate of drug-likeness (QED) is 0.492. The van der Waals surface area contributed by atoms with E-state index in [2.05, 4.69) is 10.6 Å².